The smallest absolute Gasteiger partial charge is 0.279 e. The molecule has 2 aliphatic rings. The summed E-state index contributed by atoms with van der Waals surface area (Å²) in [5.74, 6) is 2.37. The quantitative estimate of drug-likeness (QED) is 0.422. The summed E-state index contributed by atoms with van der Waals surface area (Å²) in [5.41, 5.74) is 4.49. The molecule has 1 unspecified atom stereocenters. The molecule has 1 nitrogen and oxygen atoms in total. The predicted molar refractivity (Wildman–Crippen MR) is 115 cm³/mol. The Kier molecular flexibility index (Phi) is 7.20. The number of alkyl halides is 2. The van der Waals surface area contributed by atoms with Crippen molar-refractivity contribution in [3.63, 3.8) is 0 Å². The van der Waals surface area contributed by atoms with Crippen LogP contribution in [0.2, 0.25) is 0 Å². The van der Waals surface area contributed by atoms with Crippen LogP contribution in [0.4, 0.5) is 8.78 Å². The third kappa shape index (κ3) is 5.62. The lowest BCUT2D eigenvalue weighted by Gasteiger charge is -2.30. The molecule has 0 aromatic heterocycles. The highest BCUT2D eigenvalue weighted by Gasteiger charge is 2.23. The summed E-state index contributed by atoms with van der Waals surface area (Å²) in [6, 6.07) is 8.38. The van der Waals surface area contributed by atoms with Gasteiger partial charge in [-0.3, -0.25) is 4.99 Å². The maximum Gasteiger partial charge on any atom is 0.279 e. The van der Waals surface area contributed by atoms with E-state index < -0.39 is 6.43 Å². The van der Waals surface area contributed by atoms with Gasteiger partial charge in [-0.15, -0.1) is 0 Å². The van der Waals surface area contributed by atoms with Crippen molar-refractivity contribution in [2.45, 2.75) is 65.2 Å². The van der Waals surface area contributed by atoms with Gasteiger partial charge in [0.1, 0.15) is 5.71 Å². The summed E-state index contributed by atoms with van der Waals surface area (Å²) in [6.45, 7) is 9.05. The van der Waals surface area contributed by atoms with E-state index in [1.807, 2.05) is 0 Å². The van der Waals surface area contributed by atoms with Crippen molar-refractivity contribution in [2.24, 2.45) is 22.7 Å². The van der Waals surface area contributed by atoms with E-state index in [9.17, 15) is 8.78 Å². The normalized spacial score (nSPS) is 23.5. The third-order valence-corrected chi connectivity index (χ3v) is 6.51. The minimum absolute atomic E-state index is 0.0924. The Morgan fingerprint density at radius 1 is 1.14 bits per heavy atom. The van der Waals surface area contributed by atoms with Gasteiger partial charge in [-0.05, 0) is 92.4 Å². The fourth-order valence-electron chi connectivity index (χ4n) is 4.63. The van der Waals surface area contributed by atoms with Gasteiger partial charge < -0.3 is 0 Å². The number of hydrogen-bond donors (Lipinski definition) is 0. The summed E-state index contributed by atoms with van der Waals surface area (Å²) < 4.78 is 25.4. The molecule has 1 aromatic rings. The molecule has 1 saturated carbocycles. The lowest BCUT2D eigenvalue weighted by atomic mass is 9.76. The first kappa shape index (κ1) is 21.0. The van der Waals surface area contributed by atoms with Crippen molar-refractivity contribution in [3.8, 4) is 0 Å². The van der Waals surface area contributed by atoms with E-state index in [2.05, 4.69) is 49.7 Å². The summed E-state index contributed by atoms with van der Waals surface area (Å²) >= 11 is 0. The van der Waals surface area contributed by atoms with Crippen LogP contribution in [0.25, 0.3) is 5.57 Å². The summed E-state index contributed by atoms with van der Waals surface area (Å²) in [7, 11) is 0. The second-order valence-corrected chi connectivity index (χ2v) is 8.85. The van der Waals surface area contributed by atoms with E-state index in [4.69, 9.17) is 0 Å². The molecule has 0 spiro atoms. The molecule has 1 fully saturated rings. The molecule has 3 rings (SSSR count). The van der Waals surface area contributed by atoms with Crippen molar-refractivity contribution in [3.05, 3.63) is 53.6 Å². The van der Waals surface area contributed by atoms with Gasteiger partial charge in [0.2, 0.25) is 0 Å². The summed E-state index contributed by atoms with van der Waals surface area (Å²) in [5, 5.41) is 0. The van der Waals surface area contributed by atoms with Crippen LogP contribution in [-0.4, -0.2) is 18.7 Å². The van der Waals surface area contributed by atoms with Gasteiger partial charge in [-0.2, -0.15) is 0 Å². The zero-order chi connectivity index (χ0) is 20.1. The molecular weight excluding hydrogens is 352 g/mol. The second-order valence-electron chi connectivity index (χ2n) is 8.85. The molecule has 1 aromatic carbocycles. The Labute approximate surface area is 168 Å². The predicted octanol–water partition coefficient (Wildman–Crippen LogP) is 7.13. The number of nitrogens with zero attached hydrogens (tertiary/aromatic N) is 1. The number of aryl methyl sites for hydroxylation is 1. The van der Waals surface area contributed by atoms with E-state index in [-0.39, 0.29) is 5.71 Å². The number of aliphatic imine (C=N–C) groups is 1. The number of hydrogen-bond acceptors (Lipinski definition) is 1. The van der Waals surface area contributed by atoms with E-state index in [1.165, 1.54) is 55.7 Å². The van der Waals surface area contributed by atoms with Gasteiger partial charge >= 0.3 is 0 Å². The highest BCUT2D eigenvalue weighted by Crippen LogP contribution is 2.36. The molecule has 1 aliphatic heterocycles. The lowest BCUT2D eigenvalue weighted by Crippen LogP contribution is -2.17. The van der Waals surface area contributed by atoms with Crippen LogP contribution in [0.5, 0.6) is 0 Å². The number of benzene rings is 1. The van der Waals surface area contributed by atoms with Crippen LogP contribution in [0, 0.1) is 17.8 Å². The molecule has 0 radical (unpaired) electrons. The van der Waals surface area contributed by atoms with Crippen LogP contribution in [0.1, 0.15) is 63.5 Å². The van der Waals surface area contributed by atoms with Crippen molar-refractivity contribution in [1.82, 2.24) is 0 Å². The highest BCUT2D eigenvalue weighted by atomic mass is 19.3. The van der Waals surface area contributed by atoms with E-state index in [1.54, 1.807) is 0 Å². The van der Waals surface area contributed by atoms with Crippen molar-refractivity contribution < 1.29 is 8.78 Å². The van der Waals surface area contributed by atoms with Gasteiger partial charge in [0.05, 0.1) is 6.54 Å². The van der Waals surface area contributed by atoms with Crippen molar-refractivity contribution in [1.29, 1.82) is 0 Å². The Morgan fingerprint density at radius 3 is 2.39 bits per heavy atom. The SMILES string of the molecule is C=C(C)C1CCC(CC(C)CCc2ccc(C3=CC(C(F)F)=NC3)cc2)CC1. The minimum Gasteiger partial charge on any atom is -0.279 e. The molecule has 0 N–H and O–H groups in total. The van der Waals surface area contributed by atoms with Crippen molar-refractivity contribution in [2.75, 3.05) is 6.54 Å². The third-order valence-electron chi connectivity index (χ3n) is 6.51. The number of rotatable bonds is 8. The second kappa shape index (κ2) is 9.62. The first-order valence-corrected chi connectivity index (χ1v) is 10.7. The van der Waals surface area contributed by atoms with Crippen LogP contribution in [0.15, 0.2) is 47.5 Å². The molecule has 0 bridgehead atoms. The molecule has 152 valence electrons. The van der Waals surface area contributed by atoms with E-state index in [0.29, 0.717) is 6.54 Å². The van der Waals surface area contributed by atoms with Crippen LogP contribution in [-0.2, 0) is 6.42 Å². The van der Waals surface area contributed by atoms with E-state index in [0.717, 1.165) is 35.3 Å². The monoisotopic (exact) mass is 385 g/mol. The van der Waals surface area contributed by atoms with Crippen LogP contribution in [0.3, 0.4) is 0 Å². The Hall–Kier alpha value is -1.77. The average Bonchev–Trinajstić information content (AvgIpc) is 3.18. The minimum atomic E-state index is -2.48. The maximum atomic E-state index is 12.7. The maximum absolute atomic E-state index is 12.7. The molecule has 3 heteroatoms. The molecule has 1 atom stereocenters. The summed E-state index contributed by atoms with van der Waals surface area (Å²) in [6.07, 6.45) is 8.03. The summed E-state index contributed by atoms with van der Waals surface area (Å²) in [4.78, 5) is 3.91. The van der Waals surface area contributed by atoms with Gasteiger partial charge in [0.25, 0.3) is 6.43 Å². The van der Waals surface area contributed by atoms with Gasteiger partial charge in [0.15, 0.2) is 0 Å². The standard InChI is InChI=1S/C25H33F2N/c1-17(2)21-10-8-20(9-11-21)14-18(3)4-5-19-6-12-22(13-7-19)23-15-24(25(26)27)28-16-23/h6-7,12-13,15,18,20-21,25H,1,4-5,8-11,14,16H2,2-3H3. The van der Waals surface area contributed by atoms with Crippen LogP contribution < -0.4 is 0 Å². The Morgan fingerprint density at radius 2 is 1.82 bits per heavy atom. The molecule has 0 saturated heterocycles. The average molecular weight is 386 g/mol. The molecule has 0 amide bonds. The topological polar surface area (TPSA) is 12.4 Å². The largest absolute Gasteiger partial charge is 0.279 e. The fourth-order valence-corrected chi connectivity index (χ4v) is 4.63. The van der Waals surface area contributed by atoms with Crippen LogP contribution >= 0.6 is 0 Å². The Balaban J connectivity index is 1.43. The first-order valence-electron chi connectivity index (χ1n) is 10.7. The van der Waals surface area contributed by atoms with Gasteiger partial charge in [-0.1, -0.05) is 43.3 Å². The van der Waals surface area contributed by atoms with Gasteiger partial charge in [0, 0.05) is 0 Å². The first-order chi connectivity index (χ1) is 13.4. The zero-order valence-corrected chi connectivity index (χ0v) is 17.3. The van der Waals surface area contributed by atoms with Gasteiger partial charge in [-0.25, -0.2) is 8.78 Å². The Bertz CT molecular complexity index is 721. The molecular formula is C25H33F2N. The number of halogens is 2. The number of allylic oxidation sites excluding steroid dienone is 2. The van der Waals surface area contributed by atoms with E-state index >= 15 is 0 Å². The fraction of sp³-hybridized carbons (Fsp3) is 0.560. The lowest BCUT2D eigenvalue weighted by molar-refractivity contribution is 0.227. The highest BCUT2D eigenvalue weighted by molar-refractivity contribution is 6.06. The van der Waals surface area contributed by atoms with Crippen molar-refractivity contribution >= 4 is 11.3 Å². The molecule has 1 aliphatic carbocycles. The zero-order valence-electron chi connectivity index (χ0n) is 17.3. The molecule has 28 heavy (non-hydrogen) atoms. The molecule has 1 heterocycles.